The normalized spacial score (nSPS) is 22.7. The Hall–Kier alpha value is -1.46. The first kappa shape index (κ1) is 14.0. The van der Waals surface area contributed by atoms with E-state index in [9.17, 15) is 4.79 Å². The molecular formula is C14H21N3O2. The molecule has 2 unspecified atom stereocenters. The van der Waals surface area contributed by atoms with Gasteiger partial charge >= 0.3 is 0 Å². The van der Waals surface area contributed by atoms with Crippen molar-refractivity contribution in [2.45, 2.75) is 32.5 Å². The Labute approximate surface area is 113 Å². The van der Waals surface area contributed by atoms with Crippen LogP contribution in [0.5, 0.6) is 0 Å². The summed E-state index contributed by atoms with van der Waals surface area (Å²) in [7, 11) is 0. The molecule has 0 aromatic carbocycles. The summed E-state index contributed by atoms with van der Waals surface area (Å²) in [5.74, 6) is -0.170. The molecular weight excluding hydrogens is 242 g/mol. The summed E-state index contributed by atoms with van der Waals surface area (Å²) in [6, 6.07) is 5.63. The second-order valence-electron chi connectivity index (χ2n) is 5.19. The molecule has 19 heavy (non-hydrogen) atoms. The van der Waals surface area contributed by atoms with Gasteiger partial charge in [-0.05, 0) is 26.0 Å². The summed E-state index contributed by atoms with van der Waals surface area (Å²) in [5, 5.41) is 0. The molecule has 1 aliphatic heterocycles. The number of pyridine rings is 1. The van der Waals surface area contributed by atoms with Crippen LogP contribution in [-0.4, -0.2) is 41.1 Å². The van der Waals surface area contributed by atoms with Crippen molar-refractivity contribution in [2.75, 3.05) is 13.2 Å². The van der Waals surface area contributed by atoms with Gasteiger partial charge in [0.05, 0.1) is 31.4 Å². The maximum Gasteiger partial charge on any atom is 0.230 e. The van der Waals surface area contributed by atoms with Gasteiger partial charge in [0, 0.05) is 18.3 Å². The fourth-order valence-electron chi connectivity index (χ4n) is 2.22. The zero-order chi connectivity index (χ0) is 13.8. The second kappa shape index (κ2) is 6.12. The number of nitrogens with two attached hydrogens (primary N) is 1. The molecule has 1 amide bonds. The third kappa shape index (κ3) is 3.30. The minimum Gasteiger partial charge on any atom is -0.379 e. The number of carbonyl (C=O) groups is 1. The van der Waals surface area contributed by atoms with Gasteiger partial charge in [0.2, 0.25) is 5.91 Å². The minimum atomic E-state index is -0.230. The summed E-state index contributed by atoms with van der Waals surface area (Å²) < 4.78 is 5.28. The maximum atomic E-state index is 12.5. The van der Waals surface area contributed by atoms with E-state index in [-0.39, 0.29) is 23.9 Å². The first-order valence-electron chi connectivity index (χ1n) is 6.63. The third-order valence-corrected chi connectivity index (χ3v) is 3.41. The smallest absolute Gasteiger partial charge is 0.230 e. The van der Waals surface area contributed by atoms with Crippen molar-refractivity contribution in [3.63, 3.8) is 0 Å². The first-order valence-corrected chi connectivity index (χ1v) is 6.63. The monoisotopic (exact) mass is 263 g/mol. The van der Waals surface area contributed by atoms with E-state index in [1.54, 1.807) is 6.20 Å². The molecule has 0 spiro atoms. The molecule has 1 aromatic heterocycles. The molecule has 0 saturated carbocycles. The molecule has 104 valence electrons. The second-order valence-corrected chi connectivity index (χ2v) is 5.19. The maximum absolute atomic E-state index is 12.5. The third-order valence-electron chi connectivity index (χ3n) is 3.41. The van der Waals surface area contributed by atoms with Gasteiger partial charge < -0.3 is 15.4 Å². The van der Waals surface area contributed by atoms with Crippen LogP contribution in [0.3, 0.4) is 0 Å². The zero-order valence-corrected chi connectivity index (χ0v) is 11.5. The van der Waals surface area contributed by atoms with Crippen LogP contribution in [0.25, 0.3) is 0 Å². The predicted octanol–water partition coefficient (Wildman–Crippen LogP) is 0.792. The van der Waals surface area contributed by atoms with Crippen molar-refractivity contribution in [2.24, 2.45) is 11.7 Å². The summed E-state index contributed by atoms with van der Waals surface area (Å²) >= 11 is 0. The molecule has 1 fully saturated rings. The molecule has 1 aliphatic rings. The lowest BCUT2D eigenvalue weighted by Gasteiger charge is -2.29. The lowest BCUT2D eigenvalue weighted by atomic mass is 10.0. The Balaban J connectivity index is 2.09. The van der Waals surface area contributed by atoms with Crippen LogP contribution in [0, 0.1) is 5.92 Å². The number of rotatable bonds is 4. The van der Waals surface area contributed by atoms with Crippen LogP contribution < -0.4 is 5.73 Å². The van der Waals surface area contributed by atoms with Gasteiger partial charge in [0.15, 0.2) is 0 Å². The number of aromatic nitrogens is 1. The van der Waals surface area contributed by atoms with Crippen LogP contribution in [0.4, 0.5) is 0 Å². The van der Waals surface area contributed by atoms with Crippen LogP contribution in [0.1, 0.15) is 19.5 Å². The molecule has 0 bridgehead atoms. The Morgan fingerprint density at radius 2 is 2.32 bits per heavy atom. The van der Waals surface area contributed by atoms with E-state index in [2.05, 4.69) is 4.98 Å². The van der Waals surface area contributed by atoms with Crippen molar-refractivity contribution >= 4 is 5.91 Å². The van der Waals surface area contributed by atoms with E-state index in [0.717, 1.165) is 5.69 Å². The van der Waals surface area contributed by atoms with Gasteiger partial charge in [-0.3, -0.25) is 9.78 Å². The lowest BCUT2D eigenvalue weighted by Crippen LogP contribution is -2.46. The van der Waals surface area contributed by atoms with Gasteiger partial charge in [0.25, 0.3) is 0 Å². The average Bonchev–Trinajstić information content (AvgIpc) is 2.82. The highest BCUT2D eigenvalue weighted by molar-refractivity contribution is 5.80. The fraction of sp³-hybridized carbons (Fsp3) is 0.571. The fourth-order valence-corrected chi connectivity index (χ4v) is 2.22. The van der Waals surface area contributed by atoms with E-state index in [4.69, 9.17) is 10.5 Å². The van der Waals surface area contributed by atoms with Crippen molar-refractivity contribution < 1.29 is 9.53 Å². The van der Waals surface area contributed by atoms with Crippen LogP contribution in [0.2, 0.25) is 0 Å². The highest BCUT2D eigenvalue weighted by Crippen LogP contribution is 2.18. The molecule has 5 nitrogen and oxygen atoms in total. The Morgan fingerprint density at radius 1 is 1.53 bits per heavy atom. The Bertz CT molecular complexity index is 422. The Kier molecular flexibility index (Phi) is 4.50. The first-order chi connectivity index (χ1) is 9.09. The van der Waals surface area contributed by atoms with Crippen molar-refractivity contribution in [1.82, 2.24) is 9.88 Å². The number of hydrogen-bond acceptors (Lipinski definition) is 4. The van der Waals surface area contributed by atoms with Crippen molar-refractivity contribution in [3.8, 4) is 0 Å². The summed E-state index contributed by atoms with van der Waals surface area (Å²) in [5.41, 5.74) is 6.81. The number of hydrogen-bond donors (Lipinski definition) is 1. The van der Waals surface area contributed by atoms with Gasteiger partial charge in [-0.15, -0.1) is 0 Å². The average molecular weight is 263 g/mol. The summed E-state index contributed by atoms with van der Waals surface area (Å²) in [6.45, 7) is 5.41. The molecule has 2 atom stereocenters. The summed E-state index contributed by atoms with van der Waals surface area (Å²) in [4.78, 5) is 18.6. The quantitative estimate of drug-likeness (QED) is 0.872. The van der Waals surface area contributed by atoms with Gasteiger partial charge in [0.1, 0.15) is 0 Å². The molecule has 5 heteroatoms. The van der Waals surface area contributed by atoms with Gasteiger partial charge in [-0.2, -0.15) is 0 Å². The standard InChI is InChI=1S/C14H21N3O2/c1-10(2)17(7-11-5-3-4-6-16-11)14(18)12-8-19-9-13(12)15/h3-6,10,12-13H,7-9,15H2,1-2H3. The number of nitrogens with zero attached hydrogens (tertiary/aromatic N) is 2. The van der Waals surface area contributed by atoms with Gasteiger partial charge in [-0.25, -0.2) is 0 Å². The molecule has 0 radical (unpaired) electrons. The highest BCUT2D eigenvalue weighted by atomic mass is 16.5. The van der Waals surface area contributed by atoms with E-state index >= 15 is 0 Å². The molecule has 0 aliphatic carbocycles. The summed E-state index contributed by atoms with van der Waals surface area (Å²) in [6.07, 6.45) is 1.74. The molecule has 1 saturated heterocycles. The number of ether oxygens (including phenoxy) is 1. The Morgan fingerprint density at radius 3 is 2.84 bits per heavy atom. The predicted molar refractivity (Wildman–Crippen MR) is 72.2 cm³/mol. The topological polar surface area (TPSA) is 68.5 Å². The number of carbonyl (C=O) groups excluding carboxylic acids is 1. The van der Waals surface area contributed by atoms with Crippen molar-refractivity contribution in [3.05, 3.63) is 30.1 Å². The highest BCUT2D eigenvalue weighted by Gasteiger charge is 2.35. The van der Waals surface area contributed by atoms with E-state index in [0.29, 0.717) is 19.8 Å². The molecule has 2 N–H and O–H groups in total. The largest absolute Gasteiger partial charge is 0.379 e. The van der Waals surface area contributed by atoms with Gasteiger partial charge in [-0.1, -0.05) is 6.07 Å². The molecule has 2 heterocycles. The molecule has 2 rings (SSSR count). The zero-order valence-electron chi connectivity index (χ0n) is 11.5. The van der Waals surface area contributed by atoms with E-state index in [1.807, 2.05) is 36.9 Å². The van der Waals surface area contributed by atoms with E-state index < -0.39 is 0 Å². The number of amides is 1. The van der Waals surface area contributed by atoms with Crippen LogP contribution in [-0.2, 0) is 16.1 Å². The minimum absolute atomic E-state index is 0.0608. The van der Waals surface area contributed by atoms with Crippen LogP contribution in [0.15, 0.2) is 24.4 Å². The van der Waals surface area contributed by atoms with Crippen molar-refractivity contribution in [1.29, 1.82) is 0 Å². The lowest BCUT2D eigenvalue weighted by molar-refractivity contribution is -0.138. The van der Waals surface area contributed by atoms with E-state index in [1.165, 1.54) is 0 Å². The van der Waals surface area contributed by atoms with Crippen LogP contribution >= 0.6 is 0 Å². The SMILES string of the molecule is CC(C)N(Cc1ccccn1)C(=O)C1COCC1N. The molecule has 1 aromatic rings.